The van der Waals surface area contributed by atoms with E-state index < -0.39 is 0 Å². The van der Waals surface area contributed by atoms with Crippen LogP contribution in [-0.4, -0.2) is 36.5 Å². The second kappa shape index (κ2) is 5.58. The molecule has 26 heavy (non-hydrogen) atoms. The molecule has 3 heteroatoms. The van der Waals surface area contributed by atoms with Crippen LogP contribution in [0.25, 0.3) is 0 Å². The Bertz CT molecular complexity index is 718. The molecule has 4 saturated carbocycles. The first-order valence-corrected chi connectivity index (χ1v) is 10.5. The zero-order valence-corrected chi connectivity index (χ0v) is 16.3. The van der Waals surface area contributed by atoms with E-state index in [-0.39, 0.29) is 10.8 Å². The van der Waals surface area contributed by atoms with Gasteiger partial charge in [-0.05, 0) is 67.8 Å². The van der Waals surface area contributed by atoms with E-state index in [0.717, 1.165) is 44.8 Å². The zero-order chi connectivity index (χ0) is 18.0. The van der Waals surface area contributed by atoms with Crippen molar-refractivity contribution in [1.82, 2.24) is 10.2 Å². The van der Waals surface area contributed by atoms with Crippen LogP contribution in [0.15, 0.2) is 30.3 Å². The first-order chi connectivity index (χ1) is 12.4. The third-order valence-corrected chi connectivity index (χ3v) is 7.95. The van der Waals surface area contributed by atoms with Crippen LogP contribution in [-0.2, 0) is 10.2 Å². The molecule has 140 valence electrons. The Labute approximate surface area is 157 Å². The van der Waals surface area contributed by atoms with Crippen LogP contribution in [0.4, 0.5) is 0 Å². The van der Waals surface area contributed by atoms with Gasteiger partial charge in [-0.15, -0.1) is 0 Å². The van der Waals surface area contributed by atoms with Crippen LogP contribution in [0.2, 0.25) is 0 Å². The van der Waals surface area contributed by atoms with E-state index in [1.54, 1.807) is 0 Å². The van der Waals surface area contributed by atoms with Crippen LogP contribution < -0.4 is 5.32 Å². The SMILES string of the molecule is C[C@H]1CNCCN1C(=O)C12CC3CC(C)(C1)CC(c1ccccc1)(C3)C2. The Balaban J connectivity index is 1.54. The minimum atomic E-state index is -0.115. The first kappa shape index (κ1) is 16.8. The average molecular weight is 353 g/mol. The van der Waals surface area contributed by atoms with Crippen molar-refractivity contribution < 1.29 is 4.79 Å². The average Bonchev–Trinajstić information content (AvgIpc) is 2.60. The van der Waals surface area contributed by atoms with Gasteiger partial charge in [0.2, 0.25) is 5.91 Å². The Hall–Kier alpha value is -1.35. The van der Waals surface area contributed by atoms with Crippen molar-refractivity contribution in [2.45, 2.75) is 63.8 Å². The van der Waals surface area contributed by atoms with Crippen molar-refractivity contribution in [3.8, 4) is 0 Å². The van der Waals surface area contributed by atoms with Crippen LogP contribution in [0.5, 0.6) is 0 Å². The molecule has 5 aliphatic rings. The summed E-state index contributed by atoms with van der Waals surface area (Å²) < 4.78 is 0. The highest BCUT2D eigenvalue weighted by Gasteiger charge is 2.65. The fourth-order valence-electron chi connectivity index (χ4n) is 7.72. The lowest BCUT2D eigenvalue weighted by molar-refractivity contribution is -0.173. The Morgan fingerprint density at radius 2 is 1.92 bits per heavy atom. The second-order valence-corrected chi connectivity index (χ2v) is 10.3. The van der Waals surface area contributed by atoms with Crippen LogP contribution in [0.3, 0.4) is 0 Å². The summed E-state index contributed by atoms with van der Waals surface area (Å²) in [6, 6.07) is 11.5. The molecule has 1 aromatic rings. The second-order valence-electron chi connectivity index (χ2n) is 10.3. The Morgan fingerprint density at radius 3 is 2.65 bits per heavy atom. The maximum absolute atomic E-state index is 13.9. The fraction of sp³-hybridized carbons (Fsp3) is 0.696. The predicted molar refractivity (Wildman–Crippen MR) is 104 cm³/mol. The molecule has 6 rings (SSSR count). The topological polar surface area (TPSA) is 32.3 Å². The molecule has 4 bridgehead atoms. The molecule has 3 nitrogen and oxygen atoms in total. The van der Waals surface area contributed by atoms with Gasteiger partial charge in [-0.25, -0.2) is 0 Å². The number of benzene rings is 1. The van der Waals surface area contributed by atoms with Crippen molar-refractivity contribution in [2.75, 3.05) is 19.6 Å². The van der Waals surface area contributed by atoms with E-state index in [1.165, 1.54) is 24.8 Å². The number of nitrogens with zero attached hydrogens (tertiary/aromatic N) is 1. The van der Waals surface area contributed by atoms with E-state index in [1.807, 2.05) is 0 Å². The third kappa shape index (κ3) is 2.39. The number of amides is 1. The van der Waals surface area contributed by atoms with Crippen molar-refractivity contribution in [2.24, 2.45) is 16.7 Å². The molecule has 1 saturated heterocycles. The summed E-state index contributed by atoms with van der Waals surface area (Å²) in [6.07, 6.45) is 7.21. The number of carbonyl (C=O) groups is 1. The lowest BCUT2D eigenvalue weighted by Gasteiger charge is -2.66. The quantitative estimate of drug-likeness (QED) is 0.879. The lowest BCUT2D eigenvalue weighted by Crippen LogP contribution is -2.64. The van der Waals surface area contributed by atoms with E-state index >= 15 is 0 Å². The molecule has 1 aromatic carbocycles. The molecule has 0 aromatic heterocycles. The third-order valence-electron chi connectivity index (χ3n) is 7.95. The summed E-state index contributed by atoms with van der Waals surface area (Å²) in [5, 5.41) is 3.44. The predicted octanol–water partition coefficient (Wildman–Crippen LogP) is 3.74. The molecular formula is C23H32N2O. The monoisotopic (exact) mass is 352 g/mol. The highest BCUT2D eigenvalue weighted by molar-refractivity contribution is 5.84. The van der Waals surface area contributed by atoms with E-state index in [4.69, 9.17) is 0 Å². The van der Waals surface area contributed by atoms with Gasteiger partial charge in [0.05, 0.1) is 5.41 Å². The van der Waals surface area contributed by atoms with Gasteiger partial charge in [0.25, 0.3) is 0 Å². The number of hydrogen-bond acceptors (Lipinski definition) is 2. The molecule has 4 unspecified atom stereocenters. The minimum Gasteiger partial charge on any atom is -0.337 e. The maximum atomic E-state index is 13.9. The molecule has 5 atom stereocenters. The first-order valence-electron chi connectivity index (χ1n) is 10.5. The largest absolute Gasteiger partial charge is 0.337 e. The normalized spacial score (nSPS) is 44.3. The van der Waals surface area contributed by atoms with Gasteiger partial charge in [0.1, 0.15) is 0 Å². The van der Waals surface area contributed by atoms with E-state index in [2.05, 4.69) is 54.4 Å². The molecule has 5 fully saturated rings. The summed E-state index contributed by atoms with van der Waals surface area (Å²) in [7, 11) is 0. The zero-order valence-electron chi connectivity index (χ0n) is 16.3. The van der Waals surface area contributed by atoms with Gasteiger partial charge in [0, 0.05) is 25.7 Å². The van der Waals surface area contributed by atoms with Gasteiger partial charge in [-0.1, -0.05) is 37.3 Å². The van der Waals surface area contributed by atoms with Gasteiger partial charge in [0.15, 0.2) is 0 Å². The molecule has 0 spiro atoms. The van der Waals surface area contributed by atoms with Crippen molar-refractivity contribution in [3.63, 3.8) is 0 Å². The standard InChI is InChI=1S/C23H32N2O/c1-17-13-24-8-9-25(17)20(26)23-12-18-10-21(2,15-23)14-22(11-18,16-23)19-6-4-3-5-7-19/h3-7,17-18,24H,8-16H2,1-2H3/t17-,18?,21?,22?,23?/m0/s1. The summed E-state index contributed by atoms with van der Waals surface area (Å²) in [6.45, 7) is 7.43. The van der Waals surface area contributed by atoms with Crippen LogP contribution in [0.1, 0.15) is 57.9 Å². The summed E-state index contributed by atoms with van der Waals surface area (Å²) in [5.74, 6) is 1.20. The number of hydrogen-bond donors (Lipinski definition) is 1. The van der Waals surface area contributed by atoms with Crippen molar-refractivity contribution in [1.29, 1.82) is 0 Å². The van der Waals surface area contributed by atoms with Gasteiger partial charge in [-0.3, -0.25) is 4.79 Å². The lowest BCUT2D eigenvalue weighted by atomic mass is 9.38. The van der Waals surface area contributed by atoms with Crippen molar-refractivity contribution in [3.05, 3.63) is 35.9 Å². The number of carbonyl (C=O) groups excluding carboxylic acids is 1. The highest BCUT2D eigenvalue weighted by atomic mass is 16.2. The van der Waals surface area contributed by atoms with Crippen LogP contribution in [0, 0.1) is 16.7 Å². The number of rotatable bonds is 2. The minimum absolute atomic E-state index is 0.115. The molecule has 1 N–H and O–H groups in total. The molecule has 1 heterocycles. The molecule has 4 aliphatic carbocycles. The van der Waals surface area contributed by atoms with Gasteiger partial charge in [-0.2, -0.15) is 0 Å². The Kier molecular flexibility index (Phi) is 3.60. The molecule has 1 aliphatic heterocycles. The van der Waals surface area contributed by atoms with Crippen LogP contribution >= 0.6 is 0 Å². The molecule has 0 radical (unpaired) electrons. The highest BCUT2D eigenvalue weighted by Crippen LogP contribution is 2.70. The smallest absolute Gasteiger partial charge is 0.229 e. The summed E-state index contributed by atoms with van der Waals surface area (Å²) >= 11 is 0. The van der Waals surface area contributed by atoms with Gasteiger partial charge >= 0.3 is 0 Å². The number of nitrogens with one attached hydrogen (secondary N) is 1. The Morgan fingerprint density at radius 1 is 1.12 bits per heavy atom. The fourth-order valence-corrected chi connectivity index (χ4v) is 7.72. The number of piperazine rings is 1. The van der Waals surface area contributed by atoms with E-state index in [0.29, 0.717) is 17.4 Å². The molecule has 1 amide bonds. The van der Waals surface area contributed by atoms with Crippen molar-refractivity contribution >= 4 is 5.91 Å². The van der Waals surface area contributed by atoms with E-state index in [9.17, 15) is 4.79 Å². The summed E-state index contributed by atoms with van der Waals surface area (Å²) in [4.78, 5) is 16.1. The molecular weight excluding hydrogens is 320 g/mol. The maximum Gasteiger partial charge on any atom is 0.229 e. The van der Waals surface area contributed by atoms with Gasteiger partial charge < -0.3 is 10.2 Å². The summed E-state index contributed by atoms with van der Waals surface area (Å²) in [5.41, 5.74) is 1.93.